The fourth-order valence-electron chi connectivity index (χ4n) is 2.72. The first kappa shape index (κ1) is 16.9. The molecule has 2 rings (SSSR count). The molecule has 0 saturated heterocycles. The van der Waals surface area contributed by atoms with Gasteiger partial charge >= 0.3 is 0 Å². The van der Waals surface area contributed by atoms with Gasteiger partial charge in [0.2, 0.25) is 0 Å². The van der Waals surface area contributed by atoms with E-state index in [-0.39, 0.29) is 5.78 Å². The van der Waals surface area contributed by atoms with Gasteiger partial charge in [0, 0.05) is 6.42 Å². The van der Waals surface area contributed by atoms with E-state index < -0.39 is 0 Å². The standard InChI is InChI=1S/C18H22O5/c1-6-7-12(19)11-10-15(22-4)16-13(20-2)8-9-14(21-3)17(16)18(11)23-5/h8-10H,6-7H2,1-5H3. The average molecular weight is 318 g/mol. The molecule has 0 amide bonds. The van der Waals surface area contributed by atoms with E-state index in [4.69, 9.17) is 18.9 Å². The molecule has 0 atom stereocenters. The van der Waals surface area contributed by atoms with E-state index >= 15 is 0 Å². The van der Waals surface area contributed by atoms with Gasteiger partial charge in [0.15, 0.2) is 5.78 Å². The van der Waals surface area contributed by atoms with Crippen molar-refractivity contribution in [1.82, 2.24) is 0 Å². The lowest BCUT2D eigenvalue weighted by Crippen LogP contribution is -2.05. The van der Waals surface area contributed by atoms with E-state index in [1.807, 2.05) is 6.92 Å². The van der Waals surface area contributed by atoms with Crippen molar-refractivity contribution < 1.29 is 23.7 Å². The topological polar surface area (TPSA) is 54.0 Å². The Labute approximate surface area is 136 Å². The van der Waals surface area contributed by atoms with E-state index in [0.717, 1.165) is 11.8 Å². The fourth-order valence-corrected chi connectivity index (χ4v) is 2.72. The summed E-state index contributed by atoms with van der Waals surface area (Å²) in [5.74, 6) is 2.27. The minimum atomic E-state index is 0.00872. The third kappa shape index (κ3) is 2.91. The maximum Gasteiger partial charge on any atom is 0.166 e. The van der Waals surface area contributed by atoms with Crippen LogP contribution in [-0.2, 0) is 0 Å². The highest BCUT2D eigenvalue weighted by molar-refractivity contribution is 6.10. The number of methoxy groups -OCH3 is 4. The number of benzene rings is 2. The molecule has 0 aromatic heterocycles. The molecule has 124 valence electrons. The van der Waals surface area contributed by atoms with E-state index in [0.29, 0.717) is 40.4 Å². The summed E-state index contributed by atoms with van der Waals surface area (Å²) in [6.45, 7) is 1.96. The van der Waals surface area contributed by atoms with Gasteiger partial charge in [-0.3, -0.25) is 4.79 Å². The van der Waals surface area contributed by atoms with E-state index in [9.17, 15) is 4.79 Å². The van der Waals surface area contributed by atoms with Crippen LogP contribution in [0.2, 0.25) is 0 Å². The molecule has 0 bridgehead atoms. The van der Waals surface area contributed by atoms with Gasteiger partial charge in [-0.25, -0.2) is 0 Å². The number of hydrogen-bond donors (Lipinski definition) is 0. The first-order chi connectivity index (χ1) is 11.1. The lowest BCUT2D eigenvalue weighted by molar-refractivity contribution is 0.0978. The predicted octanol–water partition coefficient (Wildman–Crippen LogP) is 3.86. The summed E-state index contributed by atoms with van der Waals surface area (Å²) in [6, 6.07) is 5.30. The zero-order chi connectivity index (χ0) is 17.0. The molecule has 2 aromatic carbocycles. The van der Waals surface area contributed by atoms with Gasteiger partial charge in [0.1, 0.15) is 23.0 Å². The minimum Gasteiger partial charge on any atom is -0.496 e. The van der Waals surface area contributed by atoms with Crippen molar-refractivity contribution in [3.8, 4) is 23.0 Å². The summed E-state index contributed by atoms with van der Waals surface area (Å²) in [6.07, 6.45) is 1.20. The lowest BCUT2D eigenvalue weighted by Gasteiger charge is -2.18. The van der Waals surface area contributed by atoms with Crippen molar-refractivity contribution in [3.63, 3.8) is 0 Å². The van der Waals surface area contributed by atoms with Crippen LogP contribution >= 0.6 is 0 Å². The predicted molar refractivity (Wildman–Crippen MR) is 89.4 cm³/mol. The van der Waals surface area contributed by atoms with E-state index in [2.05, 4.69) is 0 Å². The summed E-state index contributed by atoms with van der Waals surface area (Å²) in [5.41, 5.74) is 0.491. The van der Waals surface area contributed by atoms with Crippen molar-refractivity contribution in [2.75, 3.05) is 28.4 Å². The normalized spacial score (nSPS) is 10.5. The molecule has 0 spiro atoms. The largest absolute Gasteiger partial charge is 0.496 e. The molecule has 0 radical (unpaired) electrons. The highest BCUT2D eigenvalue weighted by Crippen LogP contribution is 2.46. The second-order valence-corrected chi connectivity index (χ2v) is 5.05. The van der Waals surface area contributed by atoms with Gasteiger partial charge < -0.3 is 18.9 Å². The zero-order valence-electron chi connectivity index (χ0n) is 14.2. The Kier molecular flexibility index (Phi) is 5.32. The Morgan fingerprint density at radius 1 is 0.870 bits per heavy atom. The molecule has 0 N–H and O–H groups in total. The summed E-state index contributed by atoms with van der Waals surface area (Å²) in [4.78, 5) is 12.5. The first-order valence-electron chi connectivity index (χ1n) is 7.45. The molecule has 23 heavy (non-hydrogen) atoms. The first-order valence-corrected chi connectivity index (χ1v) is 7.45. The number of ketones is 1. The van der Waals surface area contributed by atoms with E-state index in [1.165, 1.54) is 0 Å². The quantitative estimate of drug-likeness (QED) is 0.726. The molecular weight excluding hydrogens is 296 g/mol. The Bertz CT molecular complexity index is 721. The van der Waals surface area contributed by atoms with Gasteiger partial charge in [-0.1, -0.05) is 6.92 Å². The Hall–Kier alpha value is -2.43. The average Bonchev–Trinajstić information content (AvgIpc) is 2.59. The zero-order valence-corrected chi connectivity index (χ0v) is 14.2. The number of hydrogen-bond acceptors (Lipinski definition) is 5. The SMILES string of the molecule is CCCC(=O)c1cc(OC)c2c(OC)ccc(OC)c2c1OC. The summed E-state index contributed by atoms with van der Waals surface area (Å²) in [5, 5.41) is 1.40. The van der Waals surface area contributed by atoms with Crippen molar-refractivity contribution in [3.05, 3.63) is 23.8 Å². The molecule has 0 saturated carbocycles. The molecule has 2 aromatic rings. The number of carbonyl (C=O) groups excluding carboxylic acids is 1. The fraction of sp³-hybridized carbons (Fsp3) is 0.389. The second kappa shape index (κ2) is 7.22. The lowest BCUT2D eigenvalue weighted by atomic mass is 9.98. The second-order valence-electron chi connectivity index (χ2n) is 5.05. The van der Waals surface area contributed by atoms with Crippen molar-refractivity contribution >= 4 is 16.6 Å². The molecule has 0 aliphatic carbocycles. The Morgan fingerprint density at radius 2 is 1.43 bits per heavy atom. The van der Waals surface area contributed by atoms with Gasteiger partial charge in [0.05, 0.1) is 44.8 Å². The maximum atomic E-state index is 12.5. The third-order valence-corrected chi connectivity index (χ3v) is 3.76. The number of Topliss-reactive ketones (excluding diaryl/α,β-unsaturated/α-hetero) is 1. The Morgan fingerprint density at radius 3 is 1.91 bits per heavy atom. The number of fused-ring (bicyclic) bond motifs is 1. The molecule has 0 aliphatic rings. The minimum absolute atomic E-state index is 0.00872. The van der Waals surface area contributed by atoms with Gasteiger partial charge in [-0.2, -0.15) is 0 Å². The van der Waals surface area contributed by atoms with Gasteiger partial charge in [-0.15, -0.1) is 0 Å². The van der Waals surface area contributed by atoms with Crippen LogP contribution in [-0.4, -0.2) is 34.2 Å². The molecule has 0 fully saturated rings. The van der Waals surface area contributed by atoms with Crippen LogP contribution in [0.3, 0.4) is 0 Å². The van der Waals surface area contributed by atoms with Crippen molar-refractivity contribution in [2.45, 2.75) is 19.8 Å². The highest BCUT2D eigenvalue weighted by atomic mass is 16.5. The molecule has 5 heteroatoms. The van der Waals surface area contributed by atoms with Crippen LogP contribution < -0.4 is 18.9 Å². The smallest absolute Gasteiger partial charge is 0.166 e. The number of ether oxygens (including phenoxy) is 4. The summed E-state index contributed by atoms with van der Waals surface area (Å²) >= 11 is 0. The number of rotatable bonds is 7. The molecular formula is C18H22O5. The molecule has 5 nitrogen and oxygen atoms in total. The van der Waals surface area contributed by atoms with Crippen LogP contribution in [0.15, 0.2) is 18.2 Å². The summed E-state index contributed by atoms with van der Waals surface area (Å²) < 4.78 is 22.0. The van der Waals surface area contributed by atoms with Gasteiger partial charge in [0.25, 0.3) is 0 Å². The van der Waals surface area contributed by atoms with Crippen LogP contribution in [0.4, 0.5) is 0 Å². The van der Waals surface area contributed by atoms with Crippen molar-refractivity contribution in [1.29, 1.82) is 0 Å². The van der Waals surface area contributed by atoms with Crippen LogP contribution in [0.25, 0.3) is 10.8 Å². The van der Waals surface area contributed by atoms with Crippen LogP contribution in [0.1, 0.15) is 30.1 Å². The van der Waals surface area contributed by atoms with Crippen molar-refractivity contribution in [2.24, 2.45) is 0 Å². The molecule has 0 unspecified atom stereocenters. The maximum absolute atomic E-state index is 12.5. The van der Waals surface area contributed by atoms with Gasteiger partial charge in [-0.05, 0) is 24.6 Å². The van der Waals surface area contributed by atoms with Crippen LogP contribution in [0.5, 0.6) is 23.0 Å². The third-order valence-electron chi connectivity index (χ3n) is 3.76. The molecule has 0 aliphatic heterocycles. The molecule has 0 heterocycles. The summed E-state index contributed by atoms with van der Waals surface area (Å²) in [7, 11) is 6.27. The monoisotopic (exact) mass is 318 g/mol. The number of carbonyl (C=O) groups is 1. The van der Waals surface area contributed by atoms with E-state index in [1.54, 1.807) is 46.6 Å². The highest BCUT2D eigenvalue weighted by Gasteiger charge is 2.23. The van der Waals surface area contributed by atoms with Crippen LogP contribution in [0, 0.1) is 0 Å². The Balaban J connectivity index is 2.94.